The van der Waals surface area contributed by atoms with Gasteiger partial charge in [0, 0.05) is 44.2 Å². The molecule has 0 aliphatic rings. The second-order valence-corrected chi connectivity index (χ2v) is 17.7. The molecular formula is C66H44N2O. The molecule has 3 nitrogen and oxygen atoms in total. The summed E-state index contributed by atoms with van der Waals surface area (Å²) in [6.45, 7) is 0. The van der Waals surface area contributed by atoms with Crippen molar-refractivity contribution in [3.63, 3.8) is 0 Å². The van der Waals surface area contributed by atoms with Gasteiger partial charge in [-0.25, -0.2) is 0 Å². The lowest BCUT2D eigenvalue weighted by Crippen LogP contribution is -2.10. The quantitative estimate of drug-likeness (QED) is 0.144. The number of hydrogen-bond acceptors (Lipinski definition) is 2. The summed E-state index contributed by atoms with van der Waals surface area (Å²) in [6, 6.07) is 96.1. The molecule has 0 N–H and O–H groups in total. The summed E-state index contributed by atoms with van der Waals surface area (Å²) in [5.74, 6) is 0. The molecule has 3 heteroatoms. The average molecular weight is 881 g/mol. The van der Waals surface area contributed by atoms with Gasteiger partial charge in [-0.2, -0.15) is 0 Å². The Balaban J connectivity index is 0.885. The molecule has 0 radical (unpaired) electrons. The number of para-hydroxylation sites is 4. The van der Waals surface area contributed by atoms with E-state index in [1.165, 1.54) is 55.2 Å². The first kappa shape index (κ1) is 40.1. The predicted molar refractivity (Wildman–Crippen MR) is 290 cm³/mol. The Labute approximate surface area is 401 Å². The maximum Gasteiger partial charge on any atom is 0.136 e. The highest BCUT2D eigenvalue weighted by atomic mass is 16.3. The summed E-state index contributed by atoms with van der Waals surface area (Å²) in [5.41, 5.74) is 20.2. The van der Waals surface area contributed by atoms with E-state index in [1.807, 2.05) is 12.1 Å². The molecule has 0 bridgehead atoms. The van der Waals surface area contributed by atoms with E-state index in [9.17, 15) is 0 Å². The maximum absolute atomic E-state index is 6.32. The first-order valence-corrected chi connectivity index (χ1v) is 23.6. The van der Waals surface area contributed by atoms with Crippen molar-refractivity contribution in [3.8, 4) is 61.3 Å². The summed E-state index contributed by atoms with van der Waals surface area (Å²) in [7, 11) is 0. The van der Waals surface area contributed by atoms with Crippen molar-refractivity contribution < 1.29 is 4.42 Å². The molecule has 2 heterocycles. The highest BCUT2D eigenvalue weighted by Crippen LogP contribution is 2.42. The zero-order valence-electron chi connectivity index (χ0n) is 37.7. The first-order chi connectivity index (χ1) is 34.2. The zero-order chi connectivity index (χ0) is 45.7. The lowest BCUT2D eigenvalue weighted by atomic mass is 9.94. The zero-order valence-corrected chi connectivity index (χ0v) is 37.7. The third-order valence-corrected chi connectivity index (χ3v) is 13.6. The van der Waals surface area contributed by atoms with Crippen LogP contribution in [0.15, 0.2) is 271 Å². The van der Waals surface area contributed by atoms with Crippen molar-refractivity contribution in [2.45, 2.75) is 0 Å². The maximum atomic E-state index is 6.32. The second kappa shape index (κ2) is 16.9. The number of hydrogen-bond donors (Lipinski definition) is 0. The fraction of sp³-hybridized carbons (Fsp3) is 0. The number of rotatable bonds is 9. The van der Waals surface area contributed by atoms with Crippen LogP contribution in [-0.4, -0.2) is 4.57 Å². The molecule has 0 aliphatic carbocycles. The molecule has 324 valence electrons. The van der Waals surface area contributed by atoms with Crippen LogP contribution in [0.4, 0.5) is 17.1 Å². The number of fused-ring (bicyclic) bond motifs is 6. The van der Waals surface area contributed by atoms with E-state index in [4.69, 9.17) is 4.42 Å². The van der Waals surface area contributed by atoms with Crippen molar-refractivity contribution in [2.24, 2.45) is 0 Å². The largest absolute Gasteiger partial charge is 0.456 e. The monoisotopic (exact) mass is 880 g/mol. The third kappa shape index (κ3) is 7.16. The predicted octanol–water partition coefficient (Wildman–Crippen LogP) is 18.5. The van der Waals surface area contributed by atoms with Crippen molar-refractivity contribution >= 4 is 60.8 Å². The Morgan fingerprint density at radius 1 is 0.261 bits per heavy atom. The van der Waals surface area contributed by atoms with Crippen LogP contribution in [0.1, 0.15) is 0 Å². The van der Waals surface area contributed by atoms with Crippen molar-refractivity contribution in [1.29, 1.82) is 0 Å². The van der Waals surface area contributed by atoms with Gasteiger partial charge in [0.1, 0.15) is 11.2 Å². The molecule has 13 aromatic rings. The van der Waals surface area contributed by atoms with Gasteiger partial charge in [0.25, 0.3) is 0 Å². The van der Waals surface area contributed by atoms with Gasteiger partial charge in [-0.1, -0.05) is 188 Å². The molecule has 13 rings (SSSR count). The van der Waals surface area contributed by atoms with Gasteiger partial charge in [0.2, 0.25) is 0 Å². The molecule has 0 saturated carbocycles. The summed E-state index contributed by atoms with van der Waals surface area (Å²) < 4.78 is 8.73. The minimum Gasteiger partial charge on any atom is -0.456 e. The molecule has 0 spiro atoms. The normalized spacial score (nSPS) is 11.5. The van der Waals surface area contributed by atoms with Crippen LogP contribution in [0.25, 0.3) is 105 Å². The Hall–Kier alpha value is -9.18. The molecule has 69 heavy (non-hydrogen) atoms. The minimum atomic E-state index is 0.894. The second-order valence-electron chi connectivity index (χ2n) is 17.7. The first-order valence-electron chi connectivity index (χ1n) is 23.6. The lowest BCUT2D eigenvalue weighted by molar-refractivity contribution is 0.669. The topological polar surface area (TPSA) is 21.3 Å². The van der Waals surface area contributed by atoms with Crippen LogP contribution >= 0.6 is 0 Å². The van der Waals surface area contributed by atoms with E-state index < -0.39 is 0 Å². The molecule has 0 amide bonds. The summed E-state index contributed by atoms with van der Waals surface area (Å²) in [4.78, 5) is 2.36. The van der Waals surface area contributed by atoms with E-state index in [0.29, 0.717) is 0 Å². The van der Waals surface area contributed by atoms with Crippen LogP contribution in [0, 0.1) is 0 Å². The molecule has 0 aliphatic heterocycles. The molecule has 11 aromatic carbocycles. The van der Waals surface area contributed by atoms with Crippen molar-refractivity contribution in [2.75, 3.05) is 4.90 Å². The number of nitrogens with zero attached hydrogens (tertiary/aromatic N) is 2. The fourth-order valence-electron chi connectivity index (χ4n) is 10.3. The van der Waals surface area contributed by atoms with E-state index >= 15 is 0 Å². The summed E-state index contributed by atoms with van der Waals surface area (Å²) >= 11 is 0. The van der Waals surface area contributed by atoms with Crippen LogP contribution in [0.2, 0.25) is 0 Å². The van der Waals surface area contributed by atoms with Crippen LogP contribution in [-0.2, 0) is 0 Å². The number of anilines is 3. The van der Waals surface area contributed by atoms with E-state index in [0.717, 1.165) is 66.9 Å². The van der Waals surface area contributed by atoms with E-state index in [1.54, 1.807) is 0 Å². The van der Waals surface area contributed by atoms with Gasteiger partial charge in [0.05, 0.1) is 16.7 Å². The highest BCUT2D eigenvalue weighted by molar-refractivity contribution is 6.10. The number of benzene rings is 11. The van der Waals surface area contributed by atoms with Crippen LogP contribution in [0.3, 0.4) is 0 Å². The average Bonchev–Trinajstić information content (AvgIpc) is 3.97. The Morgan fingerprint density at radius 3 is 1.33 bits per heavy atom. The molecule has 0 unspecified atom stereocenters. The van der Waals surface area contributed by atoms with Gasteiger partial charge in [-0.05, 0) is 129 Å². The summed E-state index contributed by atoms with van der Waals surface area (Å²) in [5, 5.41) is 4.77. The standard InChI is InChI=1S/C66H44N2O/c1-2-15-45(16-3-1)49-17-14-18-50(43-49)46-29-36-52(37-30-46)67(53-38-31-47(32-39-53)55-19-4-5-20-56(55)51-35-42-61-60-24-9-13-28-65(60)69-66(61)44-51)54-40-33-48(34-41-54)57-21-6-10-25-62(57)68-63-26-11-7-22-58(63)59-23-8-12-27-64(59)68/h1-44H. The molecular weight excluding hydrogens is 837 g/mol. The SMILES string of the molecule is c1ccc(-c2cccc(-c3ccc(N(c4ccc(-c5ccccc5-c5ccc6c(c5)oc5ccccc56)cc4)c4ccc(-c5ccccc5-n5c6ccccc6c6ccccc65)cc4)cc3)c2)cc1. The van der Waals surface area contributed by atoms with Crippen LogP contribution < -0.4 is 4.90 Å². The summed E-state index contributed by atoms with van der Waals surface area (Å²) in [6.07, 6.45) is 0. The van der Waals surface area contributed by atoms with Crippen molar-refractivity contribution in [1.82, 2.24) is 4.57 Å². The lowest BCUT2D eigenvalue weighted by Gasteiger charge is -2.26. The van der Waals surface area contributed by atoms with Gasteiger partial charge < -0.3 is 13.9 Å². The molecule has 2 aromatic heterocycles. The van der Waals surface area contributed by atoms with Crippen LogP contribution in [0.5, 0.6) is 0 Å². The number of aromatic nitrogens is 1. The van der Waals surface area contributed by atoms with Gasteiger partial charge in [-0.3, -0.25) is 0 Å². The van der Waals surface area contributed by atoms with Gasteiger partial charge in [0.15, 0.2) is 0 Å². The Bertz CT molecular complexity index is 3940. The van der Waals surface area contributed by atoms with Gasteiger partial charge >= 0.3 is 0 Å². The Morgan fingerprint density at radius 2 is 0.696 bits per heavy atom. The molecule has 0 atom stereocenters. The highest BCUT2D eigenvalue weighted by Gasteiger charge is 2.18. The van der Waals surface area contributed by atoms with E-state index in [-0.39, 0.29) is 0 Å². The third-order valence-electron chi connectivity index (χ3n) is 13.6. The fourth-order valence-corrected chi connectivity index (χ4v) is 10.3. The smallest absolute Gasteiger partial charge is 0.136 e. The molecule has 0 fully saturated rings. The minimum absolute atomic E-state index is 0.894. The van der Waals surface area contributed by atoms with Crippen molar-refractivity contribution in [3.05, 3.63) is 267 Å². The van der Waals surface area contributed by atoms with Gasteiger partial charge in [-0.15, -0.1) is 0 Å². The number of furan rings is 1. The molecule has 0 saturated heterocycles. The Kier molecular flexibility index (Phi) is 9.84. The van der Waals surface area contributed by atoms with E-state index in [2.05, 4.69) is 264 Å².